The van der Waals surface area contributed by atoms with E-state index in [0.29, 0.717) is 23.2 Å². The molecule has 11 heteroatoms. The molecule has 1 fully saturated rings. The number of hydrogen-bond acceptors (Lipinski definition) is 7. The summed E-state index contributed by atoms with van der Waals surface area (Å²) in [5, 5.41) is 3.36. The average Bonchev–Trinajstić information content (AvgIpc) is 2.83. The maximum atomic E-state index is 14.7. The maximum Gasteiger partial charge on any atom is 0.264 e. The van der Waals surface area contributed by atoms with Crippen LogP contribution in [0.15, 0.2) is 47.6 Å². The van der Waals surface area contributed by atoms with E-state index in [1.165, 1.54) is 24.3 Å². The Morgan fingerprint density at radius 1 is 1.11 bits per heavy atom. The summed E-state index contributed by atoms with van der Waals surface area (Å²) in [6.07, 6.45) is 10.7. The SMILES string of the molecule is Cc1nc(NS(=O)(=O)c2ccccc2Cl)c(F)cc1/C=C/c1cnc(NC2CCC(N)CC2)nc1. The Balaban J connectivity index is 1.44. The first-order chi connectivity index (χ1) is 16.7. The average molecular weight is 517 g/mol. The van der Waals surface area contributed by atoms with E-state index in [1.807, 2.05) is 0 Å². The lowest BCUT2D eigenvalue weighted by molar-refractivity contribution is 0.410. The zero-order chi connectivity index (χ0) is 25.0. The van der Waals surface area contributed by atoms with Crippen LogP contribution in [-0.2, 0) is 10.0 Å². The maximum absolute atomic E-state index is 14.7. The number of pyridine rings is 1. The lowest BCUT2D eigenvalue weighted by Gasteiger charge is -2.26. The number of nitrogens with zero attached hydrogens (tertiary/aromatic N) is 3. The molecule has 184 valence electrons. The molecule has 35 heavy (non-hydrogen) atoms. The number of benzene rings is 1. The highest BCUT2D eigenvalue weighted by molar-refractivity contribution is 7.92. The highest BCUT2D eigenvalue weighted by Gasteiger charge is 2.21. The van der Waals surface area contributed by atoms with Gasteiger partial charge >= 0.3 is 0 Å². The summed E-state index contributed by atoms with van der Waals surface area (Å²) in [4.78, 5) is 12.6. The third-order valence-electron chi connectivity index (χ3n) is 5.80. The van der Waals surface area contributed by atoms with Gasteiger partial charge in [-0.3, -0.25) is 4.72 Å². The van der Waals surface area contributed by atoms with Crippen molar-refractivity contribution in [2.24, 2.45) is 5.73 Å². The molecule has 0 spiro atoms. The predicted molar refractivity (Wildman–Crippen MR) is 136 cm³/mol. The van der Waals surface area contributed by atoms with Crippen LogP contribution in [0.25, 0.3) is 12.2 Å². The van der Waals surface area contributed by atoms with Gasteiger partial charge in [-0.15, -0.1) is 0 Å². The van der Waals surface area contributed by atoms with E-state index >= 15 is 0 Å². The van der Waals surface area contributed by atoms with Crippen LogP contribution in [0.3, 0.4) is 0 Å². The molecular weight excluding hydrogens is 491 g/mol. The van der Waals surface area contributed by atoms with E-state index in [9.17, 15) is 12.8 Å². The monoisotopic (exact) mass is 516 g/mol. The molecule has 2 heterocycles. The largest absolute Gasteiger partial charge is 0.351 e. The Bertz CT molecular complexity index is 1330. The van der Waals surface area contributed by atoms with Crippen LogP contribution < -0.4 is 15.8 Å². The van der Waals surface area contributed by atoms with Crippen LogP contribution in [0.4, 0.5) is 16.2 Å². The fourth-order valence-corrected chi connectivity index (χ4v) is 5.34. The third kappa shape index (κ3) is 6.33. The Kier molecular flexibility index (Phi) is 7.63. The molecule has 0 radical (unpaired) electrons. The lowest BCUT2D eigenvalue weighted by Crippen LogP contribution is -2.33. The third-order valence-corrected chi connectivity index (χ3v) is 7.63. The second-order valence-corrected chi connectivity index (χ2v) is 10.5. The van der Waals surface area contributed by atoms with Gasteiger partial charge in [0, 0.05) is 35.7 Å². The van der Waals surface area contributed by atoms with Crippen molar-refractivity contribution in [2.45, 2.75) is 49.6 Å². The molecule has 1 aliphatic carbocycles. The fraction of sp³-hybridized carbons (Fsp3) is 0.292. The number of aryl methyl sites for hydroxylation is 1. The number of aromatic nitrogens is 3. The minimum atomic E-state index is -4.10. The summed E-state index contributed by atoms with van der Waals surface area (Å²) in [5.74, 6) is -0.655. The van der Waals surface area contributed by atoms with Crippen molar-refractivity contribution < 1.29 is 12.8 Å². The van der Waals surface area contributed by atoms with E-state index in [1.54, 1.807) is 37.5 Å². The van der Waals surface area contributed by atoms with Crippen molar-refractivity contribution in [3.8, 4) is 0 Å². The Hall–Kier alpha value is -3.08. The molecule has 1 aromatic carbocycles. The van der Waals surface area contributed by atoms with Gasteiger partial charge in [-0.2, -0.15) is 0 Å². The molecule has 3 aromatic rings. The summed E-state index contributed by atoms with van der Waals surface area (Å²) < 4.78 is 42.1. The first kappa shape index (κ1) is 25.0. The quantitative estimate of drug-likeness (QED) is 0.418. The van der Waals surface area contributed by atoms with Crippen LogP contribution in [0.5, 0.6) is 0 Å². The molecule has 1 saturated carbocycles. The standard InChI is InChI=1S/C24H26ClFN6O2S/c1-15-17(7-6-16-13-28-24(29-14-16)31-19-10-8-18(27)9-11-19)12-21(26)23(30-15)32-35(33,34)22-5-3-2-4-20(22)25/h2-7,12-14,18-19H,8-11,27H2,1H3,(H,30,32)(H,28,29,31)/b7-6+. The second kappa shape index (κ2) is 10.7. The van der Waals surface area contributed by atoms with Crippen molar-refractivity contribution in [2.75, 3.05) is 10.0 Å². The topological polar surface area (TPSA) is 123 Å². The van der Waals surface area contributed by atoms with Gasteiger partial charge in [0.25, 0.3) is 10.0 Å². The lowest BCUT2D eigenvalue weighted by atomic mass is 9.92. The summed E-state index contributed by atoms with van der Waals surface area (Å²) in [6.45, 7) is 1.66. The molecule has 0 amide bonds. The van der Waals surface area contributed by atoms with Gasteiger partial charge in [0.05, 0.1) is 5.02 Å². The van der Waals surface area contributed by atoms with E-state index in [-0.39, 0.29) is 16.0 Å². The van der Waals surface area contributed by atoms with Gasteiger partial charge in [0.2, 0.25) is 5.95 Å². The smallest absolute Gasteiger partial charge is 0.264 e. The van der Waals surface area contributed by atoms with E-state index in [4.69, 9.17) is 17.3 Å². The Morgan fingerprint density at radius 3 is 2.49 bits per heavy atom. The zero-order valence-electron chi connectivity index (χ0n) is 19.1. The number of sulfonamides is 1. The van der Waals surface area contributed by atoms with Crippen molar-refractivity contribution >= 4 is 45.5 Å². The molecule has 0 saturated heterocycles. The van der Waals surface area contributed by atoms with Crippen LogP contribution in [0, 0.1) is 12.7 Å². The van der Waals surface area contributed by atoms with Gasteiger partial charge in [-0.25, -0.2) is 27.8 Å². The Morgan fingerprint density at radius 2 is 1.80 bits per heavy atom. The highest BCUT2D eigenvalue weighted by atomic mass is 35.5. The predicted octanol–water partition coefficient (Wildman–Crippen LogP) is 4.63. The van der Waals surface area contributed by atoms with Crippen LogP contribution in [0.1, 0.15) is 42.5 Å². The number of hydrogen-bond donors (Lipinski definition) is 3. The first-order valence-corrected chi connectivity index (χ1v) is 13.0. The summed E-state index contributed by atoms with van der Waals surface area (Å²) in [6, 6.07) is 7.72. The number of nitrogens with two attached hydrogens (primary N) is 1. The van der Waals surface area contributed by atoms with Gasteiger partial charge < -0.3 is 11.1 Å². The molecule has 2 aromatic heterocycles. The number of rotatable bonds is 7. The minimum absolute atomic E-state index is 0.0306. The zero-order valence-corrected chi connectivity index (χ0v) is 20.7. The molecule has 1 aliphatic rings. The Labute approximate surface area is 208 Å². The van der Waals surface area contributed by atoms with Crippen molar-refractivity contribution in [1.82, 2.24) is 15.0 Å². The van der Waals surface area contributed by atoms with Gasteiger partial charge in [-0.1, -0.05) is 35.9 Å². The first-order valence-electron chi connectivity index (χ1n) is 11.2. The molecule has 8 nitrogen and oxygen atoms in total. The fourth-order valence-electron chi connectivity index (χ4n) is 3.81. The second-order valence-electron chi connectivity index (χ2n) is 8.46. The molecular formula is C24H26ClFN6O2S. The summed E-state index contributed by atoms with van der Waals surface area (Å²) >= 11 is 5.97. The van der Waals surface area contributed by atoms with E-state index in [2.05, 4.69) is 25.0 Å². The van der Waals surface area contributed by atoms with Crippen LogP contribution in [0.2, 0.25) is 5.02 Å². The summed E-state index contributed by atoms with van der Waals surface area (Å²) in [5.41, 5.74) is 7.60. The normalized spacial score (nSPS) is 18.5. The van der Waals surface area contributed by atoms with Crippen molar-refractivity contribution in [3.05, 3.63) is 70.4 Å². The molecule has 0 atom stereocenters. The minimum Gasteiger partial charge on any atom is -0.351 e. The molecule has 0 aliphatic heterocycles. The van der Waals surface area contributed by atoms with Crippen LogP contribution >= 0.6 is 11.6 Å². The number of nitrogens with one attached hydrogen (secondary N) is 2. The van der Waals surface area contributed by atoms with Gasteiger partial charge in [0.1, 0.15) is 4.90 Å². The number of halogens is 2. The van der Waals surface area contributed by atoms with E-state index in [0.717, 1.165) is 31.2 Å². The summed E-state index contributed by atoms with van der Waals surface area (Å²) in [7, 11) is -4.10. The molecule has 0 bridgehead atoms. The highest BCUT2D eigenvalue weighted by Crippen LogP contribution is 2.25. The van der Waals surface area contributed by atoms with Crippen LogP contribution in [-0.4, -0.2) is 35.5 Å². The van der Waals surface area contributed by atoms with Gasteiger partial charge in [-0.05, 0) is 56.4 Å². The molecule has 0 unspecified atom stereocenters. The molecule has 4 rings (SSSR count). The molecule has 4 N–H and O–H groups in total. The van der Waals surface area contributed by atoms with Gasteiger partial charge in [0.15, 0.2) is 11.6 Å². The van der Waals surface area contributed by atoms with E-state index < -0.39 is 21.7 Å². The van der Waals surface area contributed by atoms with Crippen molar-refractivity contribution in [1.29, 1.82) is 0 Å². The van der Waals surface area contributed by atoms with Crippen molar-refractivity contribution in [3.63, 3.8) is 0 Å². The number of anilines is 2.